The van der Waals surface area contributed by atoms with Gasteiger partial charge < -0.3 is 9.69 Å². The van der Waals surface area contributed by atoms with Gasteiger partial charge in [0, 0.05) is 45.4 Å². The van der Waals surface area contributed by atoms with E-state index in [2.05, 4.69) is 17.7 Å². The molecule has 0 saturated carbocycles. The Morgan fingerprint density at radius 2 is 1.61 bits per heavy atom. The molecule has 0 aromatic heterocycles. The molecule has 0 spiro atoms. The summed E-state index contributed by atoms with van der Waals surface area (Å²) in [5, 5.41) is 0.451. The van der Waals surface area contributed by atoms with Crippen LogP contribution in [0.5, 0.6) is 0 Å². The van der Waals surface area contributed by atoms with E-state index in [1.807, 2.05) is 60.7 Å². The van der Waals surface area contributed by atoms with Gasteiger partial charge in [-0.3, -0.25) is 0 Å². The molecule has 0 saturated heterocycles. The molecule has 2 rings (SSSR count). The molecular formula is C16H17NOS4Y-2. The summed E-state index contributed by atoms with van der Waals surface area (Å²) in [5.74, 6) is -0.166. The molecule has 0 unspecified atom stereocenters. The van der Waals surface area contributed by atoms with Crippen molar-refractivity contribution in [2.45, 2.75) is 6.92 Å². The normalized spacial score (nSPS) is 9.70. The molecule has 2 nitrogen and oxygen atoms in total. The zero-order chi connectivity index (χ0) is 16.6. The molecule has 0 aliphatic rings. The van der Waals surface area contributed by atoms with Crippen molar-refractivity contribution in [1.82, 2.24) is 0 Å². The first-order valence-corrected chi connectivity index (χ1v) is 10.9. The van der Waals surface area contributed by atoms with E-state index in [4.69, 9.17) is 22.4 Å². The average molecular weight is 456 g/mol. The Labute approximate surface area is 178 Å². The third-order valence-corrected chi connectivity index (χ3v) is 6.01. The fourth-order valence-corrected chi connectivity index (χ4v) is 2.48. The van der Waals surface area contributed by atoms with Gasteiger partial charge in [-0.1, -0.05) is 40.6 Å². The maximum atomic E-state index is 12.0. The van der Waals surface area contributed by atoms with Gasteiger partial charge in [0.05, 0.1) is 0 Å². The van der Waals surface area contributed by atoms with Crippen LogP contribution >= 0.6 is 11.7 Å². The average Bonchev–Trinajstić information content (AvgIpc) is 2.55. The maximum absolute atomic E-state index is 12.0. The first-order chi connectivity index (χ1) is 10.3. The number of thiol groups is 1. The van der Waals surface area contributed by atoms with Gasteiger partial charge in [-0.05, 0) is 12.1 Å². The molecule has 2 aromatic carbocycles. The minimum atomic E-state index is -2.07. The van der Waals surface area contributed by atoms with Crippen LogP contribution in [0.3, 0.4) is 0 Å². The molecule has 1 amide bonds. The van der Waals surface area contributed by atoms with Gasteiger partial charge in [-0.25, -0.2) is 5.25 Å². The van der Waals surface area contributed by atoms with Crippen LogP contribution in [0.25, 0.3) is 0 Å². The van der Waals surface area contributed by atoms with E-state index in [1.165, 1.54) is 4.90 Å². The fourth-order valence-electron chi connectivity index (χ4n) is 1.46. The van der Waals surface area contributed by atoms with E-state index >= 15 is 0 Å². The van der Waals surface area contributed by atoms with E-state index in [9.17, 15) is 4.79 Å². The van der Waals surface area contributed by atoms with Crippen molar-refractivity contribution in [1.29, 1.82) is 0 Å². The topological polar surface area (TPSA) is 20.3 Å². The maximum Gasteiger partial charge on any atom is 0.102 e. The summed E-state index contributed by atoms with van der Waals surface area (Å²) in [6.45, 7) is 1.66. The van der Waals surface area contributed by atoms with Gasteiger partial charge in [0.1, 0.15) is 5.91 Å². The first kappa shape index (κ1) is 23.0. The number of benzene rings is 2. The van der Waals surface area contributed by atoms with E-state index in [0.717, 1.165) is 5.69 Å². The van der Waals surface area contributed by atoms with Gasteiger partial charge in [0.25, 0.3) is 0 Å². The van der Waals surface area contributed by atoms with E-state index < -0.39 is 6.18 Å². The molecule has 2 aromatic rings. The quantitative estimate of drug-likeness (QED) is 0.433. The Bertz CT molecular complexity index is 651. The SMILES string of the molecule is C[C-](C(=O)N(C)c1ccccc1)S(=S)(=S)S.[Y].[c-]1ccccc1. The second kappa shape index (κ2) is 11.6. The van der Waals surface area contributed by atoms with E-state index in [0.29, 0.717) is 5.25 Å². The number of rotatable bonds is 3. The van der Waals surface area contributed by atoms with Gasteiger partial charge in [0.15, 0.2) is 0 Å². The predicted octanol–water partition coefficient (Wildman–Crippen LogP) is 3.61. The Balaban J connectivity index is 0.000000581. The van der Waals surface area contributed by atoms with E-state index in [1.54, 1.807) is 14.0 Å². The largest absolute Gasteiger partial charge is 0.340 e. The molecule has 0 N–H and O–H groups in total. The Kier molecular flexibility index (Phi) is 11.6. The van der Waals surface area contributed by atoms with Crippen LogP contribution in [0.15, 0.2) is 60.7 Å². The summed E-state index contributed by atoms with van der Waals surface area (Å²) in [7, 11) is 1.70. The number of carbonyl (C=O) groups is 1. The summed E-state index contributed by atoms with van der Waals surface area (Å²) < 4.78 is 0. The summed E-state index contributed by atoms with van der Waals surface area (Å²) in [6.07, 6.45) is -2.07. The van der Waals surface area contributed by atoms with E-state index in [-0.39, 0.29) is 38.6 Å². The molecule has 1 radical (unpaired) electrons. The van der Waals surface area contributed by atoms with Crippen molar-refractivity contribution in [3.63, 3.8) is 0 Å². The van der Waals surface area contributed by atoms with Gasteiger partial charge in [-0.2, -0.15) is 49.5 Å². The molecule has 0 bridgehead atoms. The van der Waals surface area contributed by atoms with Gasteiger partial charge >= 0.3 is 0 Å². The summed E-state index contributed by atoms with van der Waals surface area (Å²) in [4.78, 5) is 13.6. The smallest absolute Gasteiger partial charge is 0.102 e. The molecule has 0 fully saturated rings. The van der Waals surface area contributed by atoms with Crippen LogP contribution in [-0.2, 0) is 66.1 Å². The van der Waals surface area contributed by atoms with Crippen LogP contribution in [0.4, 0.5) is 5.69 Å². The predicted molar refractivity (Wildman–Crippen MR) is 105 cm³/mol. The van der Waals surface area contributed by atoms with Gasteiger partial charge in [0.2, 0.25) is 0 Å². The standard InChI is InChI=1S/C10H12NOS4.C6H5.Y/c1-8(16(13,14)15)10(12)11(2)9-6-4-3-5-7-9;1-2-4-6-5-3-1;/h3-7H,1-2H3,(H,13,14,15);1-5H;/q2*-1;. The zero-order valence-electron chi connectivity index (χ0n) is 12.9. The molecule has 23 heavy (non-hydrogen) atoms. The number of anilines is 1. The monoisotopic (exact) mass is 456 g/mol. The number of hydrogen-bond donors (Lipinski definition) is 1. The number of carbonyl (C=O) groups excluding carboxylic acids is 1. The Morgan fingerprint density at radius 3 is 1.96 bits per heavy atom. The van der Waals surface area contributed by atoms with Crippen LogP contribution < -0.4 is 4.90 Å². The fraction of sp³-hybridized carbons (Fsp3) is 0.125. The number of hydrogen-bond acceptors (Lipinski definition) is 3. The minimum absolute atomic E-state index is 0. The zero-order valence-corrected chi connectivity index (χ0v) is 19.1. The van der Waals surface area contributed by atoms with Crippen molar-refractivity contribution in [2.24, 2.45) is 0 Å². The molecule has 0 atom stereocenters. The summed E-state index contributed by atoms with van der Waals surface area (Å²) >= 11 is 14.2. The molecule has 121 valence electrons. The number of nitrogens with zero attached hydrogens (tertiary/aromatic N) is 1. The second-order valence-corrected chi connectivity index (χ2v) is 12.6. The Hall–Kier alpha value is 0.0239. The third kappa shape index (κ3) is 8.61. The van der Waals surface area contributed by atoms with Crippen molar-refractivity contribution >= 4 is 51.8 Å². The van der Waals surface area contributed by atoms with Gasteiger partial charge in [-0.15, -0.1) is 11.7 Å². The summed E-state index contributed by atoms with van der Waals surface area (Å²) in [6, 6.07) is 21.8. The molecule has 7 heteroatoms. The van der Waals surface area contributed by atoms with Crippen molar-refractivity contribution in [3.05, 3.63) is 72.0 Å². The van der Waals surface area contributed by atoms with Crippen LogP contribution in [-0.4, -0.2) is 13.0 Å². The first-order valence-electron chi connectivity index (χ1n) is 6.39. The van der Waals surface area contributed by atoms with Crippen LogP contribution in [0.2, 0.25) is 0 Å². The summed E-state index contributed by atoms with van der Waals surface area (Å²) in [5.41, 5.74) is 0.814. The number of amides is 1. The molecule has 0 aliphatic heterocycles. The van der Waals surface area contributed by atoms with Crippen LogP contribution in [0, 0.1) is 11.3 Å². The van der Waals surface area contributed by atoms with Crippen molar-refractivity contribution < 1.29 is 37.5 Å². The van der Waals surface area contributed by atoms with Crippen molar-refractivity contribution in [3.8, 4) is 0 Å². The molecule has 0 aliphatic carbocycles. The Morgan fingerprint density at radius 1 is 1.13 bits per heavy atom. The van der Waals surface area contributed by atoms with Crippen LogP contribution in [0.1, 0.15) is 6.92 Å². The third-order valence-electron chi connectivity index (χ3n) is 2.74. The van der Waals surface area contributed by atoms with Crippen molar-refractivity contribution in [2.75, 3.05) is 11.9 Å². The molecular weight excluding hydrogens is 439 g/mol. The minimum Gasteiger partial charge on any atom is -0.340 e. The second-order valence-electron chi connectivity index (χ2n) is 4.31. The number of para-hydroxylation sites is 1. The molecule has 0 heterocycles.